The molecule has 0 atom stereocenters. The minimum absolute atomic E-state index is 0.0614. The van der Waals surface area contributed by atoms with E-state index in [2.05, 4.69) is 22.1 Å². The Hall–Kier alpha value is -1.24. The fraction of sp³-hybridized carbons (Fsp3) is 0.300. The number of hydrogen-bond acceptors (Lipinski definition) is 3. The van der Waals surface area contributed by atoms with Crippen LogP contribution in [0.2, 0.25) is 5.15 Å². The second kappa shape index (κ2) is 5.48. The molecule has 0 aliphatic carbocycles. The third kappa shape index (κ3) is 3.25. The highest BCUT2D eigenvalue weighted by molar-refractivity contribution is 6.29. The van der Waals surface area contributed by atoms with E-state index in [-0.39, 0.29) is 5.75 Å². The van der Waals surface area contributed by atoms with Crippen molar-refractivity contribution < 1.29 is 5.11 Å². The molecule has 0 spiro atoms. The molecule has 0 bridgehead atoms. The van der Waals surface area contributed by atoms with E-state index in [0.717, 1.165) is 6.54 Å². The van der Waals surface area contributed by atoms with Gasteiger partial charge in [-0.15, -0.1) is 0 Å². The van der Waals surface area contributed by atoms with Crippen LogP contribution in [0.25, 0.3) is 0 Å². The Morgan fingerprint density at radius 2 is 2.36 bits per heavy atom. The van der Waals surface area contributed by atoms with Crippen LogP contribution < -0.4 is 5.32 Å². The van der Waals surface area contributed by atoms with Crippen molar-refractivity contribution in [1.29, 1.82) is 0 Å². The minimum Gasteiger partial charge on any atom is -0.505 e. The third-order valence-electron chi connectivity index (χ3n) is 1.55. The maximum absolute atomic E-state index is 9.35. The van der Waals surface area contributed by atoms with Crippen LogP contribution in [0, 0.1) is 11.8 Å². The van der Waals surface area contributed by atoms with Crippen LogP contribution in [0.1, 0.15) is 12.1 Å². The molecule has 74 valence electrons. The van der Waals surface area contributed by atoms with Gasteiger partial charge in [0.25, 0.3) is 0 Å². The van der Waals surface area contributed by atoms with Gasteiger partial charge >= 0.3 is 0 Å². The molecule has 3 nitrogen and oxygen atoms in total. The number of aromatic hydroxyl groups is 1. The van der Waals surface area contributed by atoms with Gasteiger partial charge in [0.1, 0.15) is 10.9 Å². The van der Waals surface area contributed by atoms with E-state index >= 15 is 0 Å². The van der Waals surface area contributed by atoms with Crippen molar-refractivity contribution >= 4 is 11.6 Å². The quantitative estimate of drug-likeness (QED) is 0.441. The summed E-state index contributed by atoms with van der Waals surface area (Å²) in [5.74, 6) is 5.69. The molecule has 0 amide bonds. The zero-order valence-electron chi connectivity index (χ0n) is 7.84. The van der Waals surface area contributed by atoms with E-state index < -0.39 is 0 Å². The second-order valence-corrected chi connectivity index (χ2v) is 3.04. The van der Waals surface area contributed by atoms with Gasteiger partial charge in [-0.1, -0.05) is 17.5 Å². The summed E-state index contributed by atoms with van der Waals surface area (Å²) in [6.07, 6.45) is 0.712. The molecule has 0 fully saturated rings. The fourth-order valence-electron chi connectivity index (χ4n) is 0.854. The van der Waals surface area contributed by atoms with Gasteiger partial charge in [-0.3, -0.25) is 0 Å². The highest BCUT2D eigenvalue weighted by Crippen LogP contribution is 2.15. The number of nitrogens with one attached hydrogen (secondary N) is 1. The average molecular weight is 211 g/mol. The van der Waals surface area contributed by atoms with Crippen molar-refractivity contribution in [3.63, 3.8) is 0 Å². The lowest BCUT2D eigenvalue weighted by Gasteiger charge is -1.95. The molecular weight excluding hydrogens is 200 g/mol. The number of nitrogens with zero attached hydrogens (tertiary/aromatic N) is 1. The summed E-state index contributed by atoms with van der Waals surface area (Å²) in [5.41, 5.74) is 0.327. The van der Waals surface area contributed by atoms with Gasteiger partial charge < -0.3 is 10.4 Å². The highest BCUT2D eigenvalue weighted by Gasteiger charge is 1.98. The van der Waals surface area contributed by atoms with E-state index in [1.807, 2.05) is 7.05 Å². The Morgan fingerprint density at radius 3 is 3.07 bits per heavy atom. The van der Waals surface area contributed by atoms with Gasteiger partial charge in [-0.25, -0.2) is 4.98 Å². The van der Waals surface area contributed by atoms with Crippen LogP contribution in [-0.4, -0.2) is 23.7 Å². The van der Waals surface area contributed by atoms with Gasteiger partial charge in [-0.05, 0) is 25.1 Å². The summed E-state index contributed by atoms with van der Waals surface area (Å²) < 4.78 is 0. The van der Waals surface area contributed by atoms with Gasteiger partial charge in [0, 0.05) is 13.0 Å². The van der Waals surface area contributed by atoms with E-state index in [4.69, 9.17) is 11.6 Å². The zero-order chi connectivity index (χ0) is 10.4. The summed E-state index contributed by atoms with van der Waals surface area (Å²) in [7, 11) is 1.86. The molecule has 2 N–H and O–H groups in total. The van der Waals surface area contributed by atoms with Crippen molar-refractivity contribution in [3.8, 4) is 17.6 Å². The third-order valence-corrected chi connectivity index (χ3v) is 1.76. The first kappa shape index (κ1) is 10.8. The Balaban J connectivity index is 2.73. The van der Waals surface area contributed by atoms with Crippen LogP contribution in [0.15, 0.2) is 12.1 Å². The maximum atomic E-state index is 9.35. The van der Waals surface area contributed by atoms with Crippen molar-refractivity contribution in [2.75, 3.05) is 13.6 Å². The van der Waals surface area contributed by atoms with Gasteiger partial charge in [0.2, 0.25) is 0 Å². The lowest BCUT2D eigenvalue weighted by atomic mass is 10.3. The number of halogens is 1. The van der Waals surface area contributed by atoms with E-state index in [9.17, 15) is 5.11 Å². The summed E-state index contributed by atoms with van der Waals surface area (Å²) in [6, 6.07) is 3.01. The minimum atomic E-state index is 0.0614. The smallest absolute Gasteiger partial charge is 0.156 e. The molecule has 0 saturated carbocycles. The Kier molecular flexibility index (Phi) is 4.24. The van der Waals surface area contributed by atoms with Crippen LogP contribution >= 0.6 is 11.6 Å². The SMILES string of the molecule is CNCCC#Cc1nc(Cl)ccc1O. The first-order chi connectivity index (χ1) is 6.74. The van der Waals surface area contributed by atoms with Crippen LogP contribution in [0.4, 0.5) is 0 Å². The maximum Gasteiger partial charge on any atom is 0.156 e. The summed E-state index contributed by atoms with van der Waals surface area (Å²) in [5, 5.41) is 12.7. The molecule has 14 heavy (non-hydrogen) atoms. The topological polar surface area (TPSA) is 45.2 Å². The monoisotopic (exact) mass is 210 g/mol. The standard InChI is InChI=1S/C10H11ClN2O/c1-12-7-3-2-4-8-9(14)5-6-10(11)13-8/h5-6,12,14H,3,7H2,1H3. The molecule has 0 aliphatic rings. The van der Waals surface area contributed by atoms with Crippen LogP contribution in [0.3, 0.4) is 0 Å². The Bertz CT molecular complexity index is 368. The molecule has 0 aliphatic heterocycles. The molecule has 1 rings (SSSR count). The van der Waals surface area contributed by atoms with Crippen molar-refractivity contribution in [2.24, 2.45) is 0 Å². The summed E-state index contributed by atoms with van der Waals surface area (Å²) >= 11 is 5.65. The highest BCUT2D eigenvalue weighted by atomic mass is 35.5. The van der Waals surface area contributed by atoms with Crippen molar-refractivity contribution in [3.05, 3.63) is 23.0 Å². The first-order valence-electron chi connectivity index (χ1n) is 4.23. The Labute approximate surface area is 88.1 Å². The van der Waals surface area contributed by atoms with E-state index in [0.29, 0.717) is 17.3 Å². The number of rotatable bonds is 2. The van der Waals surface area contributed by atoms with E-state index in [1.165, 1.54) is 12.1 Å². The zero-order valence-corrected chi connectivity index (χ0v) is 8.60. The molecule has 0 unspecified atom stereocenters. The molecule has 1 heterocycles. The number of pyridine rings is 1. The van der Waals surface area contributed by atoms with Crippen LogP contribution in [0.5, 0.6) is 5.75 Å². The molecule has 1 aromatic rings. The molecule has 0 saturated heterocycles. The molecule has 0 radical (unpaired) electrons. The fourth-order valence-corrected chi connectivity index (χ4v) is 1.00. The first-order valence-corrected chi connectivity index (χ1v) is 4.61. The average Bonchev–Trinajstić information content (AvgIpc) is 2.18. The molecule has 0 aromatic carbocycles. The Morgan fingerprint density at radius 1 is 1.57 bits per heavy atom. The largest absolute Gasteiger partial charge is 0.505 e. The molecule has 4 heteroatoms. The van der Waals surface area contributed by atoms with Gasteiger partial charge in [0.05, 0.1) is 0 Å². The predicted octanol–water partition coefficient (Wildman–Crippen LogP) is 1.40. The van der Waals surface area contributed by atoms with Crippen LogP contribution in [-0.2, 0) is 0 Å². The predicted molar refractivity (Wildman–Crippen MR) is 56.3 cm³/mol. The lowest BCUT2D eigenvalue weighted by Crippen LogP contribution is -2.05. The van der Waals surface area contributed by atoms with Crippen molar-refractivity contribution in [1.82, 2.24) is 10.3 Å². The molecule has 1 aromatic heterocycles. The molecular formula is C10H11ClN2O. The summed E-state index contributed by atoms with van der Waals surface area (Å²) in [4.78, 5) is 3.89. The van der Waals surface area contributed by atoms with Crippen molar-refractivity contribution in [2.45, 2.75) is 6.42 Å². The number of aromatic nitrogens is 1. The lowest BCUT2D eigenvalue weighted by molar-refractivity contribution is 0.471. The van der Waals surface area contributed by atoms with E-state index in [1.54, 1.807) is 0 Å². The summed E-state index contributed by atoms with van der Waals surface area (Å²) in [6.45, 7) is 0.814. The second-order valence-electron chi connectivity index (χ2n) is 2.66. The normalized spacial score (nSPS) is 9.29. The van der Waals surface area contributed by atoms with Gasteiger partial charge in [0.15, 0.2) is 5.69 Å². The van der Waals surface area contributed by atoms with Gasteiger partial charge in [-0.2, -0.15) is 0 Å². The number of hydrogen-bond donors (Lipinski definition) is 2.